The van der Waals surface area contributed by atoms with Gasteiger partial charge in [-0.3, -0.25) is 0 Å². The van der Waals surface area contributed by atoms with Crippen molar-refractivity contribution in [1.82, 2.24) is 6.15 Å². The average Bonchev–Trinajstić information content (AvgIpc) is 1.50. The van der Waals surface area contributed by atoms with Crippen LogP contribution in [0.1, 0.15) is 0 Å². The Labute approximate surface area is 78.1 Å². The molecular weight excluding hydrogens is 233 g/mol. The van der Waals surface area contributed by atoms with Crippen LogP contribution in [0.5, 0.6) is 0 Å². The molecule has 0 saturated heterocycles. The largest absolute Gasteiger partial charge is 0.344 e. The van der Waals surface area contributed by atoms with Crippen LogP contribution < -0.4 is 31.8 Å². The molecule has 14 heteroatoms. The minimum Gasteiger partial charge on any atom is -0.344 e. The monoisotopic (exact) mass is 241 g/mol. The number of nitrogens with two attached hydrogens (primary N) is 2. The first-order valence-corrected chi connectivity index (χ1v) is 3.14. The van der Waals surface area contributed by atoms with Crippen molar-refractivity contribution < 1.29 is 38.9 Å². The lowest BCUT2D eigenvalue weighted by molar-refractivity contribution is -1.92. The van der Waals surface area contributed by atoms with Crippen LogP contribution in [0.3, 0.4) is 0 Å². The van der Waals surface area contributed by atoms with E-state index in [1.54, 1.807) is 0 Å². The van der Waals surface area contributed by atoms with Gasteiger partial charge in [0.1, 0.15) is 0 Å². The fourth-order valence-corrected chi connectivity index (χ4v) is 0. The second-order valence-corrected chi connectivity index (χ2v) is 1.76. The molecule has 14 heavy (non-hydrogen) atoms. The highest BCUT2D eigenvalue weighted by molar-refractivity contribution is 3.87. The molecule has 0 radical (unpaired) electrons. The maximum atomic E-state index is 8.60. The molecule has 0 fully saturated rings. The summed E-state index contributed by atoms with van der Waals surface area (Å²) in [5, 5.41) is 15.2. The van der Waals surface area contributed by atoms with Gasteiger partial charge < -0.3 is 6.15 Å². The molecule has 0 atom stereocenters. The summed E-state index contributed by atoms with van der Waals surface area (Å²) in [7, 11) is -4.69. The smallest absolute Gasteiger partial charge is 0.154 e. The number of hydrogen-bond donors (Lipinski definition) is 4. The molecule has 0 aromatic heterocycles. The second kappa shape index (κ2) is 11.5. The van der Waals surface area contributed by atoms with E-state index in [-0.39, 0.29) is 6.15 Å². The van der Waals surface area contributed by atoms with E-state index in [1.807, 2.05) is 0 Å². The zero-order valence-electron chi connectivity index (χ0n) is 6.44. The Kier molecular flexibility index (Phi) is 18.8. The molecule has 88 valence electrons. The van der Waals surface area contributed by atoms with Gasteiger partial charge in [-0.1, -0.05) is 0 Å². The average molecular weight is 242 g/mol. The Morgan fingerprint density at radius 1 is 1.00 bits per heavy atom. The Morgan fingerprint density at radius 3 is 1.00 bits per heavy atom. The third kappa shape index (κ3) is 414. The van der Waals surface area contributed by atoms with Crippen molar-refractivity contribution in [2.24, 2.45) is 11.7 Å². The van der Waals surface area contributed by atoms with Gasteiger partial charge in [-0.25, -0.2) is 20.2 Å². The molecular formula is H8ClN5O8. The standard InChI is InChI=1S/ClHO4.2H2N2O2.H3N/c2-1(3,4)5;2*1-2(3)4;/h(H,2,3,4,5);2*1H2;1H3. The van der Waals surface area contributed by atoms with Crippen molar-refractivity contribution in [2.75, 3.05) is 0 Å². The van der Waals surface area contributed by atoms with Gasteiger partial charge in [0, 0.05) is 0 Å². The third-order valence-corrected chi connectivity index (χ3v) is 0. The molecule has 0 aromatic rings. The molecule has 8 N–H and O–H groups in total. The second-order valence-electron chi connectivity index (χ2n) is 0.967. The van der Waals surface area contributed by atoms with E-state index in [4.69, 9.17) is 38.9 Å². The van der Waals surface area contributed by atoms with Crippen molar-refractivity contribution in [3.8, 4) is 0 Å². The van der Waals surface area contributed by atoms with E-state index >= 15 is 0 Å². The minimum absolute atomic E-state index is 0. The van der Waals surface area contributed by atoms with Gasteiger partial charge in [0.25, 0.3) is 0 Å². The Hall–Kier alpha value is -1.51. The van der Waals surface area contributed by atoms with E-state index in [2.05, 4.69) is 11.7 Å². The Bertz CT molecular complexity index is 124. The Balaban J connectivity index is -0.0000000522. The van der Waals surface area contributed by atoms with Crippen LogP contribution in [0.2, 0.25) is 0 Å². The maximum absolute atomic E-state index is 8.60. The van der Waals surface area contributed by atoms with E-state index in [1.165, 1.54) is 0 Å². The molecule has 0 amide bonds. The summed E-state index contributed by atoms with van der Waals surface area (Å²) in [6, 6.07) is 0. The van der Waals surface area contributed by atoms with Crippen molar-refractivity contribution in [2.45, 2.75) is 0 Å². The number of hydrogen-bond acceptors (Lipinski definition) is 9. The maximum Gasteiger partial charge on any atom is 0.154 e. The highest BCUT2D eigenvalue weighted by atomic mass is 35.7. The number of nitro groups is 2. The molecule has 0 unspecified atom stereocenters. The topological polar surface area (TPSA) is 263 Å². The lowest BCUT2D eigenvalue weighted by Crippen LogP contribution is -2.58. The minimum atomic E-state index is -4.69. The van der Waals surface area contributed by atoms with Gasteiger partial charge >= 0.3 is 0 Å². The van der Waals surface area contributed by atoms with Gasteiger partial charge in [-0.15, -0.1) is 0 Å². The van der Waals surface area contributed by atoms with Crippen LogP contribution in [-0.4, -0.2) is 14.7 Å². The summed E-state index contributed by atoms with van der Waals surface area (Å²) < 4.78 is 32.7. The van der Waals surface area contributed by atoms with Gasteiger partial charge in [0.2, 0.25) is 0 Å². The van der Waals surface area contributed by atoms with Crippen molar-refractivity contribution in [1.29, 1.82) is 0 Å². The van der Waals surface area contributed by atoms with Crippen LogP contribution >= 0.6 is 0 Å². The summed E-state index contributed by atoms with van der Waals surface area (Å²) in [4.78, 5) is 17.2. The predicted molar refractivity (Wildman–Crippen MR) is 29.6 cm³/mol. The first-order chi connectivity index (χ1) is 5.46. The van der Waals surface area contributed by atoms with E-state index in [9.17, 15) is 0 Å². The summed E-state index contributed by atoms with van der Waals surface area (Å²) in [6.07, 6.45) is 0. The van der Waals surface area contributed by atoms with E-state index < -0.39 is 20.3 Å². The zero-order valence-corrected chi connectivity index (χ0v) is 7.20. The zero-order chi connectivity index (χ0) is 11.7. The normalized spacial score (nSPS) is 7.71. The SMILES string of the molecule is N.N[N+](=O)[O-].N[N+](=O)[O-].[O-][Cl+3]([O-])([O-])O. The lowest BCUT2D eigenvalue weighted by atomic mass is 12.8. The highest BCUT2D eigenvalue weighted by Gasteiger charge is 1.98. The van der Waals surface area contributed by atoms with E-state index in [0.717, 1.165) is 0 Å². The van der Waals surface area contributed by atoms with Crippen LogP contribution in [0.15, 0.2) is 0 Å². The first-order valence-electron chi connectivity index (χ1n) is 1.88. The molecule has 0 spiro atoms. The van der Waals surface area contributed by atoms with Crippen LogP contribution in [0, 0.1) is 30.5 Å². The third-order valence-electron chi connectivity index (χ3n) is 0. The summed E-state index contributed by atoms with van der Waals surface area (Å²) in [5.74, 6) is 7.67. The van der Waals surface area contributed by atoms with Crippen molar-refractivity contribution in [3.63, 3.8) is 0 Å². The number of nitrogens with zero attached hydrogens (tertiary/aromatic N) is 2. The lowest BCUT2D eigenvalue weighted by Gasteiger charge is -2.03. The van der Waals surface area contributed by atoms with Crippen LogP contribution in [-0.2, 0) is 0 Å². The van der Waals surface area contributed by atoms with Crippen molar-refractivity contribution in [3.05, 3.63) is 20.2 Å². The predicted octanol–water partition coefficient (Wildman–Crippen LogP) is -5.69. The highest BCUT2D eigenvalue weighted by Crippen LogP contribution is 1.60. The van der Waals surface area contributed by atoms with Gasteiger partial charge in [-0.2, -0.15) is 25.7 Å². The fourth-order valence-electron chi connectivity index (χ4n) is 0. The molecule has 13 nitrogen and oxygen atoms in total. The molecule has 0 aliphatic heterocycles. The Morgan fingerprint density at radius 2 is 1.00 bits per heavy atom. The molecule has 0 aromatic carbocycles. The van der Waals surface area contributed by atoms with Crippen LogP contribution in [0.25, 0.3) is 0 Å². The summed E-state index contributed by atoms with van der Waals surface area (Å²) in [6.45, 7) is 0. The van der Waals surface area contributed by atoms with E-state index in [0.29, 0.717) is 0 Å². The van der Waals surface area contributed by atoms with Gasteiger partial charge in [-0.05, 0) is 0 Å². The molecule has 0 rings (SSSR count). The number of halogens is 1. The van der Waals surface area contributed by atoms with Crippen molar-refractivity contribution >= 4 is 0 Å². The fraction of sp³-hybridized carbons (Fsp3) is 0. The number of hydrazine groups is 2. The molecule has 0 bridgehead atoms. The molecule has 0 heterocycles. The molecule has 0 aliphatic carbocycles. The quantitative estimate of drug-likeness (QED) is 0.176. The molecule has 0 aliphatic rings. The van der Waals surface area contributed by atoms with Gasteiger partial charge in [0.15, 0.2) is 10.1 Å². The first kappa shape index (κ1) is 22.9. The summed E-state index contributed by atoms with van der Waals surface area (Å²) in [5.41, 5.74) is 0. The molecule has 0 saturated carbocycles. The van der Waals surface area contributed by atoms with Gasteiger partial charge in [0.05, 0.1) is 14.9 Å². The number of rotatable bonds is 0. The summed E-state index contributed by atoms with van der Waals surface area (Å²) >= 11 is 0. The van der Waals surface area contributed by atoms with Crippen LogP contribution in [0.4, 0.5) is 0 Å².